The van der Waals surface area contributed by atoms with Gasteiger partial charge in [-0.15, -0.1) is 11.8 Å². The number of halogens is 2. The quantitative estimate of drug-likeness (QED) is 0.802. The lowest BCUT2D eigenvalue weighted by Gasteiger charge is -2.10. The molecule has 1 aromatic rings. The van der Waals surface area contributed by atoms with Gasteiger partial charge in [-0.3, -0.25) is 0 Å². The monoisotopic (exact) mass is 240 g/mol. The minimum absolute atomic E-state index is 0.233. The van der Waals surface area contributed by atoms with Crippen molar-refractivity contribution in [2.45, 2.75) is 32.3 Å². The minimum atomic E-state index is -0.602. The van der Waals surface area contributed by atoms with Crippen molar-refractivity contribution in [2.24, 2.45) is 0 Å². The van der Waals surface area contributed by atoms with Crippen LogP contribution in [0.4, 0.5) is 4.39 Å². The lowest BCUT2D eigenvalue weighted by molar-refractivity contribution is 0.165. The fraction of sp³-hybridized carbons (Fsp3) is 0.385. The molecule has 0 radical (unpaired) electrons. The van der Waals surface area contributed by atoms with Crippen molar-refractivity contribution in [1.82, 2.24) is 0 Å². The molecule has 16 heavy (non-hydrogen) atoms. The van der Waals surface area contributed by atoms with E-state index in [9.17, 15) is 9.50 Å². The zero-order chi connectivity index (χ0) is 12.0. The van der Waals surface area contributed by atoms with E-state index in [1.165, 1.54) is 6.07 Å². The normalized spacial score (nSPS) is 11.8. The Morgan fingerprint density at radius 3 is 2.88 bits per heavy atom. The molecule has 0 heterocycles. The Kier molecular flexibility index (Phi) is 5.31. The largest absolute Gasteiger partial charge is 0.393 e. The first-order valence-corrected chi connectivity index (χ1v) is 5.53. The van der Waals surface area contributed by atoms with Crippen molar-refractivity contribution in [3.05, 3.63) is 34.6 Å². The highest BCUT2D eigenvalue weighted by molar-refractivity contribution is 6.31. The zero-order valence-corrected chi connectivity index (χ0v) is 9.89. The molecule has 1 atom stereocenters. The highest BCUT2D eigenvalue weighted by atomic mass is 35.5. The van der Waals surface area contributed by atoms with Gasteiger partial charge in [0.2, 0.25) is 0 Å². The summed E-state index contributed by atoms with van der Waals surface area (Å²) in [7, 11) is 0. The molecule has 0 saturated carbocycles. The third-order valence-electron chi connectivity index (χ3n) is 2.28. The third kappa shape index (κ3) is 3.84. The van der Waals surface area contributed by atoms with Crippen LogP contribution >= 0.6 is 11.6 Å². The summed E-state index contributed by atoms with van der Waals surface area (Å²) < 4.78 is 13.4. The van der Waals surface area contributed by atoms with Crippen LogP contribution < -0.4 is 0 Å². The first-order chi connectivity index (χ1) is 7.65. The van der Waals surface area contributed by atoms with E-state index in [1.54, 1.807) is 19.1 Å². The average Bonchev–Trinajstić information content (AvgIpc) is 2.24. The van der Waals surface area contributed by atoms with Gasteiger partial charge in [-0.2, -0.15) is 0 Å². The van der Waals surface area contributed by atoms with E-state index in [-0.39, 0.29) is 12.2 Å². The number of hydrogen-bond acceptors (Lipinski definition) is 1. The third-order valence-corrected chi connectivity index (χ3v) is 2.63. The standard InChI is InChI=1S/C13H14ClFO/c1-2-3-4-6-10(16)9-11-12(14)7-5-8-13(11)15/h5,7-8,10,16H,4,6,9H2,1H3. The first kappa shape index (κ1) is 13.0. The minimum Gasteiger partial charge on any atom is -0.393 e. The number of aliphatic hydroxyl groups is 1. The fourth-order valence-electron chi connectivity index (χ4n) is 1.43. The second-order valence-corrected chi connectivity index (χ2v) is 3.93. The molecule has 0 saturated heterocycles. The maximum Gasteiger partial charge on any atom is 0.127 e. The second-order valence-electron chi connectivity index (χ2n) is 3.52. The molecule has 3 heteroatoms. The molecule has 1 nitrogen and oxygen atoms in total. The molecule has 1 rings (SSSR count). The Hall–Kier alpha value is -1.04. The maximum atomic E-state index is 13.4. The van der Waals surface area contributed by atoms with E-state index in [0.29, 0.717) is 23.4 Å². The Labute approximate surface area is 100 Å². The number of rotatable bonds is 4. The highest BCUT2D eigenvalue weighted by Crippen LogP contribution is 2.21. The van der Waals surface area contributed by atoms with E-state index >= 15 is 0 Å². The molecule has 1 N–H and O–H groups in total. The van der Waals surface area contributed by atoms with Crippen molar-refractivity contribution in [1.29, 1.82) is 0 Å². The molecule has 0 aliphatic carbocycles. The van der Waals surface area contributed by atoms with Gasteiger partial charge in [-0.05, 0) is 25.5 Å². The lowest BCUT2D eigenvalue weighted by atomic mass is 10.0. The van der Waals surface area contributed by atoms with Gasteiger partial charge in [-0.1, -0.05) is 17.7 Å². The van der Waals surface area contributed by atoms with Gasteiger partial charge >= 0.3 is 0 Å². The predicted octanol–water partition coefficient (Wildman–Crippen LogP) is 3.19. The van der Waals surface area contributed by atoms with Crippen molar-refractivity contribution in [2.75, 3.05) is 0 Å². The summed E-state index contributed by atoms with van der Waals surface area (Å²) in [6.45, 7) is 1.75. The SMILES string of the molecule is CC#CCCC(O)Cc1c(F)cccc1Cl. The van der Waals surface area contributed by atoms with Gasteiger partial charge in [0.1, 0.15) is 5.82 Å². The van der Waals surface area contributed by atoms with Crippen LogP contribution in [0.2, 0.25) is 5.02 Å². The summed E-state index contributed by atoms with van der Waals surface area (Å²) in [5.74, 6) is 5.24. The molecule has 1 unspecified atom stereocenters. The predicted molar refractivity (Wildman–Crippen MR) is 63.8 cm³/mol. The number of aliphatic hydroxyl groups excluding tert-OH is 1. The van der Waals surface area contributed by atoms with Crippen molar-refractivity contribution >= 4 is 11.6 Å². The summed E-state index contributed by atoms with van der Waals surface area (Å²) in [6, 6.07) is 4.52. The van der Waals surface area contributed by atoms with Crippen LogP contribution in [-0.4, -0.2) is 11.2 Å². The summed E-state index contributed by atoms with van der Waals surface area (Å²) >= 11 is 5.86. The van der Waals surface area contributed by atoms with Crippen molar-refractivity contribution in [3.8, 4) is 11.8 Å². The fourth-order valence-corrected chi connectivity index (χ4v) is 1.67. The number of benzene rings is 1. The molecule has 0 fully saturated rings. The lowest BCUT2D eigenvalue weighted by Crippen LogP contribution is -2.11. The van der Waals surface area contributed by atoms with E-state index in [1.807, 2.05) is 0 Å². The van der Waals surface area contributed by atoms with Gasteiger partial charge in [-0.25, -0.2) is 4.39 Å². The highest BCUT2D eigenvalue weighted by Gasteiger charge is 2.11. The Morgan fingerprint density at radius 1 is 1.50 bits per heavy atom. The molecule has 0 amide bonds. The molecule has 0 spiro atoms. The molecule has 0 bridgehead atoms. The first-order valence-electron chi connectivity index (χ1n) is 5.15. The zero-order valence-electron chi connectivity index (χ0n) is 9.13. The van der Waals surface area contributed by atoms with Crippen LogP contribution in [0.25, 0.3) is 0 Å². The van der Waals surface area contributed by atoms with Crippen LogP contribution in [0.15, 0.2) is 18.2 Å². The summed E-state index contributed by atoms with van der Waals surface area (Å²) in [5.41, 5.74) is 0.376. The molecule has 1 aromatic carbocycles. The Bertz CT molecular complexity index is 386. The van der Waals surface area contributed by atoms with Crippen LogP contribution in [0.3, 0.4) is 0 Å². The van der Waals surface area contributed by atoms with E-state index in [2.05, 4.69) is 11.8 Å². The van der Waals surface area contributed by atoms with Gasteiger partial charge < -0.3 is 5.11 Å². The van der Waals surface area contributed by atoms with Crippen LogP contribution in [0, 0.1) is 17.7 Å². The molecule has 0 aliphatic heterocycles. The molecule has 0 aromatic heterocycles. The van der Waals surface area contributed by atoms with Crippen LogP contribution in [0.1, 0.15) is 25.3 Å². The van der Waals surface area contributed by atoms with Gasteiger partial charge in [0.15, 0.2) is 0 Å². The maximum absolute atomic E-state index is 13.4. The van der Waals surface area contributed by atoms with E-state index in [4.69, 9.17) is 11.6 Å². The van der Waals surface area contributed by atoms with Crippen molar-refractivity contribution < 1.29 is 9.50 Å². The van der Waals surface area contributed by atoms with E-state index < -0.39 is 6.10 Å². The van der Waals surface area contributed by atoms with Gasteiger partial charge in [0, 0.05) is 23.4 Å². The topological polar surface area (TPSA) is 20.2 Å². The Morgan fingerprint density at radius 2 is 2.25 bits per heavy atom. The van der Waals surface area contributed by atoms with Gasteiger partial charge in [0.25, 0.3) is 0 Å². The summed E-state index contributed by atoms with van der Waals surface area (Å²) in [5, 5.41) is 10.0. The average molecular weight is 241 g/mol. The van der Waals surface area contributed by atoms with Gasteiger partial charge in [0.05, 0.1) is 6.10 Å². The molecule has 0 aliphatic rings. The Balaban J connectivity index is 2.61. The second kappa shape index (κ2) is 6.52. The molecule has 86 valence electrons. The smallest absolute Gasteiger partial charge is 0.127 e. The summed E-state index contributed by atoms with van der Waals surface area (Å²) in [4.78, 5) is 0. The van der Waals surface area contributed by atoms with E-state index in [0.717, 1.165) is 0 Å². The number of hydrogen-bond donors (Lipinski definition) is 1. The molecular formula is C13H14ClFO. The van der Waals surface area contributed by atoms with Crippen LogP contribution in [0.5, 0.6) is 0 Å². The summed E-state index contributed by atoms with van der Waals surface area (Å²) in [6.07, 6.45) is 0.779. The van der Waals surface area contributed by atoms with Crippen molar-refractivity contribution in [3.63, 3.8) is 0 Å². The van der Waals surface area contributed by atoms with Crippen LogP contribution in [-0.2, 0) is 6.42 Å². The molecular weight excluding hydrogens is 227 g/mol.